The second-order valence-corrected chi connectivity index (χ2v) is 12.6. The molecule has 2 aliphatic rings. The van der Waals surface area contributed by atoms with Crippen molar-refractivity contribution in [3.63, 3.8) is 0 Å². The number of aromatic nitrogens is 4. The first-order valence-electron chi connectivity index (χ1n) is 16.7. The highest BCUT2D eigenvalue weighted by Crippen LogP contribution is 2.64. The Labute approximate surface area is 289 Å². The second kappa shape index (κ2) is 11.2. The molecule has 0 amide bonds. The fourth-order valence-electron chi connectivity index (χ4n) is 7.88. The zero-order chi connectivity index (χ0) is 33.1. The lowest BCUT2D eigenvalue weighted by atomic mass is 9.66. The van der Waals surface area contributed by atoms with E-state index >= 15 is 0 Å². The van der Waals surface area contributed by atoms with Gasteiger partial charge in [0.15, 0.2) is 17.5 Å². The van der Waals surface area contributed by atoms with E-state index in [1.165, 1.54) is 5.56 Å². The Kier molecular flexibility index (Phi) is 6.33. The Morgan fingerprint density at radius 3 is 1.40 bits per heavy atom. The molecule has 3 heterocycles. The summed E-state index contributed by atoms with van der Waals surface area (Å²) in [6.07, 6.45) is 3.71. The van der Waals surface area contributed by atoms with Crippen molar-refractivity contribution in [3.05, 3.63) is 192 Å². The van der Waals surface area contributed by atoms with Gasteiger partial charge in [-0.2, -0.15) is 0 Å². The summed E-state index contributed by atoms with van der Waals surface area (Å²) in [6.45, 7) is 0. The van der Waals surface area contributed by atoms with Crippen LogP contribution in [-0.4, -0.2) is 19.9 Å². The van der Waals surface area contributed by atoms with Crippen LogP contribution in [0.15, 0.2) is 170 Å². The van der Waals surface area contributed by atoms with E-state index in [0.717, 1.165) is 67.1 Å². The number of hydrogen-bond donors (Lipinski definition) is 0. The number of fused-ring (bicyclic) bond motifs is 9. The first-order valence-corrected chi connectivity index (χ1v) is 16.7. The molecule has 1 aliphatic heterocycles. The van der Waals surface area contributed by atoms with Crippen molar-refractivity contribution in [2.45, 2.75) is 5.41 Å². The van der Waals surface area contributed by atoms with Crippen LogP contribution in [0.1, 0.15) is 22.3 Å². The summed E-state index contributed by atoms with van der Waals surface area (Å²) < 4.78 is 6.61. The summed E-state index contributed by atoms with van der Waals surface area (Å²) in [5.74, 6) is 3.58. The highest BCUT2D eigenvalue weighted by atomic mass is 16.5. The van der Waals surface area contributed by atoms with Crippen LogP contribution >= 0.6 is 0 Å². The number of ether oxygens (including phenoxy) is 1. The van der Waals surface area contributed by atoms with Gasteiger partial charge in [0.1, 0.15) is 11.5 Å². The number of nitrogens with zero attached hydrogens (tertiary/aromatic N) is 4. The van der Waals surface area contributed by atoms with Gasteiger partial charge in [-0.05, 0) is 57.6 Å². The largest absolute Gasteiger partial charge is 0.457 e. The molecular formula is C45H28N4O. The molecule has 1 spiro atoms. The predicted molar refractivity (Wildman–Crippen MR) is 197 cm³/mol. The zero-order valence-corrected chi connectivity index (χ0v) is 26.9. The van der Waals surface area contributed by atoms with E-state index in [2.05, 4.69) is 89.9 Å². The molecule has 2 aromatic heterocycles. The summed E-state index contributed by atoms with van der Waals surface area (Å²) in [5, 5.41) is 0. The van der Waals surface area contributed by atoms with E-state index in [1.807, 2.05) is 85.2 Å². The van der Waals surface area contributed by atoms with Gasteiger partial charge in [0, 0.05) is 40.2 Å². The average molecular weight is 641 g/mol. The SMILES string of the molecule is c1ccc(-c2nc(-c3ccccc3)nc(-c3cccc4c3-c3c(-c5ccncc5)cccc3C43c4ccccc4Oc4ccccc43)n2)cc1. The molecule has 5 heteroatoms. The fourth-order valence-corrected chi connectivity index (χ4v) is 7.88. The van der Waals surface area contributed by atoms with Gasteiger partial charge < -0.3 is 4.74 Å². The third-order valence-electron chi connectivity index (χ3n) is 9.92. The van der Waals surface area contributed by atoms with Crippen LogP contribution in [0, 0.1) is 0 Å². The second-order valence-electron chi connectivity index (χ2n) is 12.6. The van der Waals surface area contributed by atoms with E-state index < -0.39 is 5.41 Å². The molecule has 0 saturated heterocycles. The number of rotatable bonds is 4. The number of para-hydroxylation sites is 2. The molecule has 1 aliphatic carbocycles. The van der Waals surface area contributed by atoms with Crippen LogP contribution in [0.2, 0.25) is 0 Å². The lowest BCUT2D eigenvalue weighted by molar-refractivity contribution is 0.436. The normalized spacial score (nSPS) is 13.1. The number of benzene rings is 6. The molecule has 0 saturated carbocycles. The Balaban J connectivity index is 1.34. The lowest BCUT2D eigenvalue weighted by Gasteiger charge is -2.39. The van der Waals surface area contributed by atoms with Crippen molar-refractivity contribution in [1.82, 2.24) is 19.9 Å². The van der Waals surface area contributed by atoms with Gasteiger partial charge in [-0.15, -0.1) is 0 Å². The summed E-state index contributed by atoms with van der Waals surface area (Å²) in [5.41, 5.74) is 11.2. The van der Waals surface area contributed by atoms with Crippen molar-refractivity contribution in [2.24, 2.45) is 0 Å². The predicted octanol–water partition coefficient (Wildman–Crippen LogP) is 10.4. The summed E-state index contributed by atoms with van der Waals surface area (Å²) in [4.78, 5) is 19.8. The average Bonchev–Trinajstić information content (AvgIpc) is 3.50. The van der Waals surface area contributed by atoms with E-state index in [9.17, 15) is 0 Å². The lowest BCUT2D eigenvalue weighted by Crippen LogP contribution is -2.32. The summed E-state index contributed by atoms with van der Waals surface area (Å²) in [7, 11) is 0. The molecule has 0 N–H and O–H groups in total. The molecule has 8 aromatic rings. The van der Waals surface area contributed by atoms with Crippen LogP contribution in [0.25, 0.3) is 56.4 Å². The first kappa shape index (κ1) is 28.3. The van der Waals surface area contributed by atoms with E-state index in [-0.39, 0.29) is 0 Å². The maximum atomic E-state index is 6.61. The molecule has 0 fully saturated rings. The number of pyridine rings is 1. The standard InChI is InChI=1S/C45H28N4O/c1-3-13-30(14-4-1)42-47-43(31-15-5-2-6-16-31)49-44(48-42)33-18-12-22-37-41(33)40-32(29-25-27-46-28-26-29)17-11-21-36(40)45(37)34-19-7-9-23-38(34)50-39-24-10-8-20-35(39)45/h1-28H. The molecule has 6 aromatic carbocycles. The highest BCUT2D eigenvalue weighted by Gasteiger charge is 2.52. The topological polar surface area (TPSA) is 60.8 Å². The molecule has 0 radical (unpaired) electrons. The highest BCUT2D eigenvalue weighted by molar-refractivity contribution is 6.01. The van der Waals surface area contributed by atoms with Crippen LogP contribution in [0.5, 0.6) is 11.5 Å². The van der Waals surface area contributed by atoms with E-state index in [4.69, 9.17) is 19.7 Å². The van der Waals surface area contributed by atoms with Gasteiger partial charge in [-0.3, -0.25) is 4.98 Å². The third-order valence-corrected chi connectivity index (χ3v) is 9.92. The van der Waals surface area contributed by atoms with Crippen LogP contribution in [-0.2, 0) is 5.41 Å². The van der Waals surface area contributed by atoms with E-state index in [0.29, 0.717) is 17.5 Å². The van der Waals surface area contributed by atoms with Gasteiger partial charge >= 0.3 is 0 Å². The maximum Gasteiger partial charge on any atom is 0.164 e. The molecule has 234 valence electrons. The molecule has 0 unspecified atom stereocenters. The molecule has 5 nitrogen and oxygen atoms in total. The van der Waals surface area contributed by atoms with E-state index in [1.54, 1.807) is 0 Å². The Bertz CT molecular complexity index is 2470. The van der Waals surface area contributed by atoms with Crippen LogP contribution in [0.3, 0.4) is 0 Å². The fraction of sp³-hybridized carbons (Fsp3) is 0.0222. The third kappa shape index (κ3) is 4.13. The molecule has 50 heavy (non-hydrogen) atoms. The minimum atomic E-state index is -0.646. The monoisotopic (exact) mass is 640 g/mol. The molecule has 0 bridgehead atoms. The van der Waals surface area contributed by atoms with Crippen LogP contribution in [0.4, 0.5) is 0 Å². The zero-order valence-electron chi connectivity index (χ0n) is 26.9. The Morgan fingerprint density at radius 1 is 0.360 bits per heavy atom. The maximum absolute atomic E-state index is 6.61. The van der Waals surface area contributed by atoms with Gasteiger partial charge in [0.05, 0.1) is 5.41 Å². The van der Waals surface area contributed by atoms with Gasteiger partial charge in [0.2, 0.25) is 0 Å². The van der Waals surface area contributed by atoms with Crippen molar-refractivity contribution >= 4 is 0 Å². The minimum absolute atomic E-state index is 0.621. The number of hydrogen-bond acceptors (Lipinski definition) is 5. The first-order chi connectivity index (χ1) is 24.8. The quantitative estimate of drug-likeness (QED) is 0.192. The van der Waals surface area contributed by atoms with Gasteiger partial charge in [-0.1, -0.05) is 133 Å². The molecular weight excluding hydrogens is 613 g/mol. The Hall–Kier alpha value is -6.72. The van der Waals surface area contributed by atoms with Crippen molar-refractivity contribution < 1.29 is 4.74 Å². The van der Waals surface area contributed by atoms with Crippen molar-refractivity contribution in [3.8, 4) is 67.9 Å². The summed E-state index contributed by atoms with van der Waals surface area (Å²) in [6, 6.07) is 54.5. The van der Waals surface area contributed by atoms with Crippen molar-refractivity contribution in [2.75, 3.05) is 0 Å². The van der Waals surface area contributed by atoms with Crippen molar-refractivity contribution in [1.29, 1.82) is 0 Å². The van der Waals surface area contributed by atoms with Gasteiger partial charge in [0.25, 0.3) is 0 Å². The summed E-state index contributed by atoms with van der Waals surface area (Å²) >= 11 is 0. The smallest absolute Gasteiger partial charge is 0.164 e. The Morgan fingerprint density at radius 2 is 0.820 bits per heavy atom. The molecule has 0 atom stereocenters. The van der Waals surface area contributed by atoms with Crippen LogP contribution < -0.4 is 4.74 Å². The minimum Gasteiger partial charge on any atom is -0.457 e. The van der Waals surface area contributed by atoms with Gasteiger partial charge in [-0.25, -0.2) is 15.0 Å². The molecule has 10 rings (SSSR count).